The lowest BCUT2D eigenvalue weighted by molar-refractivity contribution is 0.814. The maximum atomic E-state index is 5.98. The van der Waals surface area contributed by atoms with E-state index in [2.05, 4.69) is 20.3 Å². The molecule has 0 aliphatic carbocycles. The minimum absolute atomic E-state index is 0.544. The van der Waals surface area contributed by atoms with Crippen molar-refractivity contribution in [1.82, 2.24) is 15.0 Å². The van der Waals surface area contributed by atoms with E-state index < -0.39 is 0 Å². The maximum absolute atomic E-state index is 5.98. The molecule has 6 heteroatoms. The second-order valence-electron chi connectivity index (χ2n) is 3.67. The van der Waals surface area contributed by atoms with Crippen LogP contribution in [0.5, 0.6) is 0 Å². The Balaban J connectivity index is 1.78. The van der Waals surface area contributed by atoms with Gasteiger partial charge < -0.3 is 16.0 Å². The van der Waals surface area contributed by atoms with E-state index in [1.54, 1.807) is 18.5 Å². The zero-order chi connectivity index (χ0) is 12.1. The third-order valence-corrected chi connectivity index (χ3v) is 2.59. The average molecular weight is 252 g/mol. The molecule has 2 heterocycles. The number of aromatic amines is 1. The summed E-state index contributed by atoms with van der Waals surface area (Å²) in [5.41, 5.74) is 6.13. The Labute approximate surface area is 104 Å². The summed E-state index contributed by atoms with van der Waals surface area (Å²) in [6, 6.07) is 1.68. The Kier molecular flexibility index (Phi) is 3.82. The normalized spacial score (nSPS) is 10.4. The summed E-state index contributed by atoms with van der Waals surface area (Å²) in [6.45, 7) is 0.789. The monoisotopic (exact) mass is 251 g/mol. The number of H-pyrrole nitrogens is 1. The number of imidazole rings is 1. The van der Waals surface area contributed by atoms with E-state index >= 15 is 0 Å². The van der Waals surface area contributed by atoms with E-state index in [-0.39, 0.29) is 0 Å². The lowest BCUT2D eigenvalue weighted by atomic mass is 10.3. The second kappa shape index (κ2) is 5.54. The third-order valence-electron chi connectivity index (χ3n) is 2.30. The van der Waals surface area contributed by atoms with Crippen LogP contribution < -0.4 is 11.1 Å². The Bertz CT molecular complexity index is 469. The molecule has 0 aromatic carbocycles. The van der Waals surface area contributed by atoms with Crippen molar-refractivity contribution in [2.75, 3.05) is 17.6 Å². The van der Waals surface area contributed by atoms with Crippen LogP contribution in [-0.2, 0) is 6.42 Å². The summed E-state index contributed by atoms with van der Waals surface area (Å²) in [4.78, 5) is 11.3. The number of anilines is 2. The number of nitrogens with zero attached hydrogens (tertiary/aromatic N) is 2. The molecule has 0 fully saturated rings. The van der Waals surface area contributed by atoms with Crippen LogP contribution in [0.2, 0.25) is 5.02 Å². The van der Waals surface area contributed by atoms with Gasteiger partial charge in [-0.25, -0.2) is 9.97 Å². The molecular weight excluding hydrogens is 238 g/mol. The molecule has 2 aromatic rings. The molecule has 4 N–H and O–H groups in total. The van der Waals surface area contributed by atoms with Crippen LogP contribution in [0.25, 0.3) is 0 Å². The number of hydrogen-bond acceptors (Lipinski definition) is 4. The summed E-state index contributed by atoms with van der Waals surface area (Å²) in [7, 11) is 0. The third kappa shape index (κ3) is 3.35. The van der Waals surface area contributed by atoms with Crippen molar-refractivity contribution < 1.29 is 0 Å². The van der Waals surface area contributed by atoms with Gasteiger partial charge in [0.15, 0.2) is 0 Å². The zero-order valence-electron chi connectivity index (χ0n) is 9.28. The van der Waals surface area contributed by atoms with Crippen LogP contribution in [0.3, 0.4) is 0 Å². The molecule has 0 atom stereocenters. The Morgan fingerprint density at radius 2 is 2.29 bits per heavy atom. The molecule has 0 saturated carbocycles. The summed E-state index contributed by atoms with van der Waals surface area (Å²) in [6.07, 6.45) is 7.01. The van der Waals surface area contributed by atoms with Gasteiger partial charge in [-0.15, -0.1) is 0 Å². The van der Waals surface area contributed by atoms with Crippen molar-refractivity contribution in [3.63, 3.8) is 0 Å². The van der Waals surface area contributed by atoms with Crippen LogP contribution in [0.1, 0.15) is 12.2 Å². The van der Waals surface area contributed by atoms with E-state index in [0.29, 0.717) is 16.5 Å². The van der Waals surface area contributed by atoms with Gasteiger partial charge in [0, 0.05) is 25.4 Å². The first-order chi connectivity index (χ1) is 8.25. The lowest BCUT2D eigenvalue weighted by Gasteiger charge is -2.06. The van der Waals surface area contributed by atoms with Gasteiger partial charge in [0.05, 0.1) is 16.9 Å². The quantitative estimate of drug-likeness (QED) is 0.711. The number of hydrogen-bond donors (Lipinski definition) is 3. The van der Waals surface area contributed by atoms with E-state index in [1.165, 1.54) is 0 Å². The van der Waals surface area contributed by atoms with Crippen molar-refractivity contribution in [3.05, 3.63) is 35.5 Å². The van der Waals surface area contributed by atoms with Crippen molar-refractivity contribution >= 4 is 23.1 Å². The van der Waals surface area contributed by atoms with Gasteiger partial charge in [-0.1, -0.05) is 11.6 Å². The van der Waals surface area contributed by atoms with E-state index in [4.69, 9.17) is 17.3 Å². The molecule has 0 bridgehead atoms. The van der Waals surface area contributed by atoms with Crippen molar-refractivity contribution in [1.29, 1.82) is 0 Å². The number of pyridine rings is 1. The minimum atomic E-state index is 0.544. The molecule has 5 nitrogen and oxygen atoms in total. The van der Waals surface area contributed by atoms with Crippen LogP contribution in [-0.4, -0.2) is 21.5 Å². The first-order valence-electron chi connectivity index (χ1n) is 5.39. The second-order valence-corrected chi connectivity index (χ2v) is 4.07. The molecule has 0 unspecified atom stereocenters. The molecule has 0 radical (unpaired) electrons. The first kappa shape index (κ1) is 11.7. The van der Waals surface area contributed by atoms with E-state index in [9.17, 15) is 0 Å². The fourth-order valence-corrected chi connectivity index (χ4v) is 1.72. The number of nitrogens with two attached hydrogens (primary N) is 1. The molecule has 0 spiro atoms. The number of nitrogen functional groups attached to an aromatic ring is 1. The van der Waals surface area contributed by atoms with Crippen LogP contribution in [0.4, 0.5) is 11.5 Å². The number of aryl methyl sites for hydroxylation is 1. The highest BCUT2D eigenvalue weighted by atomic mass is 35.5. The van der Waals surface area contributed by atoms with Gasteiger partial charge in [-0.3, -0.25) is 0 Å². The van der Waals surface area contributed by atoms with E-state index in [0.717, 1.165) is 25.2 Å². The van der Waals surface area contributed by atoms with Gasteiger partial charge in [-0.2, -0.15) is 0 Å². The summed E-state index contributed by atoms with van der Waals surface area (Å²) >= 11 is 5.98. The molecule has 2 aromatic heterocycles. The highest BCUT2D eigenvalue weighted by molar-refractivity contribution is 6.33. The molecule has 0 aliphatic heterocycles. The van der Waals surface area contributed by atoms with Gasteiger partial charge in [-0.05, 0) is 12.5 Å². The van der Waals surface area contributed by atoms with Crippen LogP contribution in [0.15, 0.2) is 24.7 Å². The summed E-state index contributed by atoms with van der Waals surface area (Å²) < 4.78 is 0. The molecule has 0 saturated heterocycles. The van der Waals surface area contributed by atoms with Crippen molar-refractivity contribution in [2.45, 2.75) is 12.8 Å². The van der Waals surface area contributed by atoms with Crippen LogP contribution in [0, 0.1) is 0 Å². The van der Waals surface area contributed by atoms with Gasteiger partial charge in [0.2, 0.25) is 0 Å². The number of aromatic nitrogens is 3. The first-order valence-corrected chi connectivity index (χ1v) is 5.76. The number of rotatable bonds is 5. The SMILES string of the molecule is Nc1cnc(NCCCc2ncc[nH]2)c(Cl)c1. The predicted octanol–water partition coefficient (Wildman–Crippen LogP) is 2.08. The highest BCUT2D eigenvalue weighted by Gasteiger charge is 2.01. The lowest BCUT2D eigenvalue weighted by Crippen LogP contribution is -2.06. The van der Waals surface area contributed by atoms with Crippen LogP contribution >= 0.6 is 11.6 Å². The molecular formula is C11H14ClN5. The molecule has 90 valence electrons. The van der Waals surface area contributed by atoms with E-state index in [1.807, 2.05) is 6.20 Å². The topological polar surface area (TPSA) is 79.6 Å². The standard InChI is InChI=1S/C11H14ClN5/c12-9-6-8(13)7-17-11(9)16-3-1-2-10-14-4-5-15-10/h4-7H,1-3,13H2,(H,14,15)(H,16,17). The molecule has 2 rings (SSSR count). The average Bonchev–Trinajstić information content (AvgIpc) is 2.79. The largest absolute Gasteiger partial charge is 0.397 e. The Morgan fingerprint density at radius 3 is 3.00 bits per heavy atom. The Hall–Kier alpha value is -1.75. The fourth-order valence-electron chi connectivity index (χ4n) is 1.48. The zero-order valence-corrected chi connectivity index (χ0v) is 10.0. The summed E-state index contributed by atoms with van der Waals surface area (Å²) in [5.74, 6) is 1.66. The van der Waals surface area contributed by atoms with Crippen molar-refractivity contribution in [3.8, 4) is 0 Å². The number of halogens is 1. The van der Waals surface area contributed by atoms with Crippen molar-refractivity contribution in [2.24, 2.45) is 0 Å². The minimum Gasteiger partial charge on any atom is -0.397 e. The smallest absolute Gasteiger partial charge is 0.144 e. The Morgan fingerprint density at radius 1 is 1.41 bits per heavy atom. The predicted molar refractivity (Wildman–Crippen MR) is 69.1 cm³/mol. The van der Waals surface area contributed by atoms with Gasteiger partial charge in [0.1, 0.15) is 11.6 Å². The highest BCUT2D eigenvalue weighted by Crippen LogP contribution is 2.20. The summed E-state index contributed by atoms with van der Waals surface area (Å²) in [5, 5.41) is 3.71. The molecule has 0 amide bonds. The number of nitrogens with one attached hydrogen (secondary N) is 2. The maximum Gasteiger partial charge on any atom is 0.144 e. The fraction of sp³-hybridized carbons (Fsp3) is 0.273. The molecule has 0 aliphatic rings. The molecule has 17 heavy (non-hydrogen) atoms. The van der Waals surface area contributed by atoms with Gasteiger partial charge in [0.25, 0.3) is 0 Å². The van der Waals surface area contributed by atoms with Gasteiger partial charge >= 0.3 is 0 Å².